The molecule has 1 nitrogen and oxygen atoms in total. The van der Waals surface area contributed by atoms with Crippen LogP contribution < -0.4 is 4.74 Å². The van der Waals surface area contributed by atoms with Crippen molar-refractivity contribution in [3.05, 3.63) is 53.9 Å². The van der Waals surface area contributed by atoms with E-state index >= 15 is 0 Å². The van der Waals surface area contributed by atoms with Crippen molar-refractivity contribution in [2.45, 2.75) is 96.8 Å². The zero-order valence-corrected chi connectivity index (χ0v) is 21.0. The maximum absolute atomic E-state index is 14.8. The van der Waals surface area contributed by atoms with Crippen molar-refractivity contribution in [1.29, 1.82) is 0 Å². The molecule has 0 N–H and O–H groups in total. The van der Waals surface area contributed by atoms with Gasteiger partial charge in [0.05, 0.1) is 0 Å². The van der Waals surface area contributed by atoms with Gasteiger partial charge in [-0.25, -0.2) is 4.39 Å². The number of hydrogen-bond donors (Lipinski definition) is 0. The SMILES string of the molecule is C/C=C/CCC1CCC2CC(C3CCC(c4ccc(OC/C=C/C)cc4F)CC3)CCC2C1. The van der Waals surface area contributed by atoms with Gasteiger partial charge in [-0.3, -0.25) is 0 Å². The third-order valence-corrected chi connectivity index (χ3v) is 9.17. The van der Waals surface area contributed by atoms with E-state index in [4.69, 9.17) is 4.74 Å². The predicted octanol–water partition coefficient (Wildman–Crippen LogP) is 9.24. The van der Waals surface area contributed by atoms with Crippen molar-refractivity contribution >= 4 is 0 Å². The summed E-state index contributed by atoms with van der Waals surface area (Å²) >= 11 is 0. The van der Waals surface area contributed by atoms with E-state index in [2.05, 4.69) is 19.1 Å². The Hall–Kier alpha value is -1.57. The Morgan fingerprint density at radius 3 is 2.21 bits per heavy atom. The lowest BCUT2D eigenvalue weighted by atomic mass is 9.60. The summed E-state index contributed by atoms with van der Waals surface area (Å²) in [5, 5.41) is 0. The largest absolute Gasteiger partial charge is 0.489 e. The van der Waals surface area contributed by atoms with Gasteiger partial charge in [-0.2, -0.15) is 0 Å². The summed E-state index contributed by atoms with van der Waals surface area (Å²) in [6.45, 7) is 4.60. The van der Waals surface area contributed by atoms with Crippen LogP contribution in [0.4, 0.5) is 4.39 Å². The van der Waals surface area contributed by atoms with Crippen LogP contribution in [0.1, 0.15) is 102 Å². The minimum atomic E-state index is -0.0804. The lowest BCUT2D eigenvalue weighted by Crippen LogP contribution is -2.34. The summed E-state index contributed by atoms with van der Waals surface area (Å²) < 4.78 is 20.4. The number of allylic oxidation sites excluding steroid dienone is 3. The Morgan fingerprint density at radius 2 is 1.48 bits per heavy atom. The Kier molecular flexibility index (Phi) is 9.10. The summed E-state index contributed by atoms with van der Waals surface area (Å²) in [5.74, 6) is 5.72. The van der Waals surface area contributed by atoms with Gasteiger partial charge >= 0.3 is 0 Å². The predicted molar refractivity (Wildman–Crippen MR) is 137 cm³/mol. The first-order valence-electron chi connectivity index (χ1n) is 13.8. The van der Waals surface area contributed by atoms with E-state index < -0.39 is 0 Å². The van der Waals surface area contributed by atoms with Crippen LogP contribution in [0.15, 0.2) is 42.5 Å². The quantitative estimate of drug-likeness (QED) is 0.357. The first kappa shape index (κ1) is 24.6. The van der Waals surface area contributed by atoms with E-state index in [1.54, 1.807) is 6.07 Å². The van der Waals surface area contributed by atoms with Crippen LogP contribution in [-0.4, -0.2) is 6.61 Å². The number of rotatable bonds is 8. The van der Waals surface area contributed by atoms with Crippen LogP contribution in [0.3, 0.4) is 0 Å². The summed E-state index contributed by atoms with van der Waals surface area (Å²) in [7, 11) is 0. The second-order valence-electron chi connectivity index (χ2n) is 11.1. The summed E-state index contributed by atoms with van der Waals surface area (Å²) in [4.78, 5) is 0. The fraction of sp³-hybridized carbons (Fsp3) is 0.677. The monoisotopic (exact) mass is 452 g/mol. The molecule has 0 saturated heterocycles. The van der Waals surface area contributed by atoms with Crippen LogP contribution in [0.2, 0.25) is 0 Å². The average Bonchev–Trinajstić information content (AvgIpc) is 2.84. The lowest BCUT2D eigenvalue weighted by Gasteiger charge is -2.45. The Morgan fingerprint density at radius 1 is 0.818 bits per heavy atom. The van der Waals surface area contributed by atoms with Gasteiger partial charge in [0.2, 0.25) is 0 Å². The molecule has 3 aliphatic carbocycles. The highest BCUT2D eigenvalue weighted by atomic mass is 19.1. The molecule has 1 aromatic rings. The van der Waals surface area contributed by atoms with Crippen LogP contribution in [0.5, 0.6) is 5.75 Å². The Labute approximate surface area is 201 Å². The van der Waals surface area contributed by atoms with Crippen LogP contribution >= 0.6 is 0 Å². The van der Waals surface area contributed by atoms with Crippen LogP contribution in [-0.2, 0) is 0 Å². The molecule has 2 heteroatoms. The third-order valence-electron chi connectivity index (χ3n) is 9.17. The second kappa shape index (κ2) is 12.2. The molecule has 0 aromatic heterocycles. The number of halogens is 1. The molecule has 0 aliphatic heterocycles. The maximum atomic E-state index is 14.8. The van der Waals surface area contributed by atoms with E-state index in [1.807, 2.05) is 31.2 Å². The molecule has 0 spiro atoms. The van der Waals surface area contributed by atoms with Gasteiger partial charge < -0.3 is 4.74 Å². The highest BCUT2D eigenvalue weighted by Gasteiger charge is 2.38. The normalized spacial score (nSPS) is 32.8. The molecule has 0 heterocycles. The van der Waals surface area contributed by atoms with Gasteiger partial charge in [0.15, 0.2) is 0 Å². The minimum absolute atomic E-state index is 0.0804. The van der Waals surface area contributed by atoms with Gasteiger partial charge in [-0.1, -0.05) is 36.8 Å². The molecule has 0 amide bonds. The molecule has 4 unspecified atom stereocenters. The van der Waals surface area contributed by atoms with E-state index in [0.29, 0.717) is 18.3 Å². The highest BCUT2D eigenvalue weighted by molar-refractivity contribution is 5.31. The third kappa shape index (κ3) is 6.52. The molecule has 0 bridgehead atoms. The van der Waals surface area contributed by atoms with Crippen molar-refractivity contribution < 1.29 is 9.13 Å². The van der Waals surface area contributed by atoms with Crippen molar-refractivity contribution in [2.24, 2.45) is 29.6 Å². The zero-order chi connectivity index (χ0) is 23.0. The molecule has 33 heavy (non-hydrogen) atoms. The van der Waals surface area contributed by atoms with Crippen molar-refractivity contribution in [3.63, 3.8) is 0 Å². The Bertz CT molecular complexity index is 788. The topological polar surface area (TPSA) is 9.23 Å². The molecular formula is C31H45FO. The molecule has 0 radical (unpaired) electrons. The second-order valence-corrected chi connectivity index (χ2v) is 11.1. The zero-order valence-electron chi connectivity index (χ0n) is 21.0. The van der Waals surface area contributed by atoms with Crippen LogP contribution in [0, 0.1) is 35.4 Å². The number of ether oxygens (including phenoxy) is 1. The minimum Gasteiger partial charge on any atom is -0.489 e. The van der Waals surface area contributed by atoms with E-state index in [-0.39, 0.29) is 5.82 Å². The highest BCUT2D eigenvalue weighted by Crippen LogP contribution is 2.50. The maximum Gasteiger partial charge on any atom is 0.130 e. The summed E-state index contributed by atoms with van der Waals surface area (Å²) in [6.07, 6.45) is 24.8. The summed E-state index contributed by atoms with van der Waals surface area (Å²) in [6, 6.07) is 5.51. The fourth-order valence-corrected chi connectivity index (χ4v) is 7.28. The standard InChI is InChI=1S/C31H45FO/c1-3-5-7-8-23-9-10-28-21-27(16-15-26(28)20-23)24-11-13-25(14-12-24)30-18-17-29(22-31(30)32)33-19-6-4-2/h3-6,17-18,22-28H,7-16,19-21H2,1-2H3/b5-3+,6-4+. The summed E-state index contributed by atoms with van der Waals surface area (Å²) in [5.41, 5.74) is 0.909. The number of fused-ring (bicyclic) bond motifs is 1. The van der Waals surface area contributed by atoms with Gasteiger partial charge in [-0.15, -0.1) is 0 Å². The van der Waals surface area contributed by atoms with E-state index in [9.17, 15) is 4.39 Å². The number of benzene rings is 1. The molecular weight excluding hydrogens is 407 g/mol. The van der Waals surface area contributed by atoms with Gasteiger partial charge in [0, 0.05) is 6.07 Å². The van der Waals surface area contributed by atoms with Crippen molar-refractivity contribution in [3.8, 4) is 5.75 Å². The smallest absolute Gasteiger partial charge is 0.130 e. The molecule has 3 aliphatic rings. The lowest BCUT2D eigenvalue weighted by molar-refractivity contribution is 0.0620. The molecule has 4 rings (SSSR count). The van der Waals surface area contributed by atoms with Crippen molar-refractivity contribution in [2.75, 3.05) is 6.61 Å². The first-order chi connectivity index (χ1) is 16.2. The number of hydrogen-bond acceptors (Lipinski definition) is 1. The van der Waals surface area contributed by atoms with E-state index in [1.165, 1.54) is 64.2 Å². The fourth-order valence-electron chi connectivity index (χ4n) is 7.28. The molecule has 3 fully saturated rings. The van der Waals surface area contributed by atoms with Crippen molar-refractivity contribution in [1.82, 2.24) is 0 Å². The van der Waals surface area contributed by atoms with Gasteiger partial charge in [0.1, 0.15) is 18.2 Å². The van der Waals surface area contributed by atoms with E-state index in [0.717, 1.165) is 48.0 Å². The van der Waals surface area contributed by atoms with Crippen LogP contribution in [0.25, 0.3) is 0 Å². The molecule has 3 saturated carbocycles. The first-order valence-corrected chi connectivity index (χ1v) is 13.8. The molecule has 1 aromatic carbocycles. The average molecular weight is 453 g/mol. The Balaban J connectivity index is 1.24. The molecule has 4 atom stereocenters. The van der Waals surface area contributed by atoms with Gasteiger partial charge in [0.25, 0.3) is 0 Å². The van der Waals surface area contributed by atoms with Gasteiger partial charge in [-0.05, 0) is 132 Å². The molecule has 182 valence electrons.